The van der Waals surface area contributed by atoms with Crippen LogP contribution in [0.25, 0.3) is 0 Å². The molecule has 0 aromatic heterocycles. The predicted molar refractivity (Wildman–Crippen MR) is 142 cm³/mol. The molecule has 4 atom stereocenters. The monoisotopic (exact) mass is 512 g/mol. The molecule has 196 valence electrons. The van der Waals surface area contributed by atoms with E-state index >= 15 is 0 Å². The zero-order valence-corrected chi connectivity index (χ0v) is 21.8. The highest BCUT2D eigenvalue weighted by Crippen LogP contribution is 2.55. The van der Waals surface area contributed by atoms with E-state index in [1.165, 1.54) is 7.11 Å². The van der Waals surface area contributed by atoms with Crippen LogP contribution < -0.4 is 5.32 Å². The van der Waals surface area contributed by atoms with E-state index in [0.29, 0.717) is 17.5 Å². The Morgan fingerprint density at radius 1 is 0.947 bits per heavy atom. The molecule has 0 radical (unpaired) electrons. The van der Waals surface area contributed by atoms with Crippen LogP contribution in [0.5, 0.6) is 0 Å². The van der Waals surface area contributed by atoms with Crippen LogP contribution in [0.1, 0.15) is 60.4 Å². The molecule has 2 aliphatic rings. The fourth-order valence-electron chi connectivity index (χ4n) is 6.07. The number of ether oxygens (including phenoxy) is 2. The van der Waals surface area contributed by atoms with E-state index < -0.39 is 35.3 Å². The van der Waals surface area contributed by atoms with Crippen molar-refractivity contribution >= 4 is 17.8 Å². The summed E-state index contributed by atoms with van der Waals surface area (Å²) < 4.78 is 11.4. The van der Waals surface area contributed by atoms with Crippen molar-refractivity contribution < 1.29 is 23.9 Å². The highest BCUT2D eigenvalue weighted by molar-refractivity contribution is 6.01. The molecule has 3 aromatic rings. The third-order valence-electron chi connectivity index (χ3n) is 7.50. The molecule has 0 saturated carbocycles. The zero-order chi connectivity index (χ0) is 26.9. The number of methoxy groups -OCH3 is 1. The number of carbonyl (C=O) groups excluding carboxylic acids is 3. The number of carbonyl (C=O) groups is 3. The third kappa shape index (κ3) is 4.17. The first-order valence-corrected chi connectivity index (χ1v) is 12.9. The first kappa shape index (κ1) is 25.7. The molecule has 0 unspecified atom stereocenters. The Balaban J connectivity index is 1.75. The molecule has 1 amide bonds. The van der Waals surface area contributed by atoms with E-state index in [9.17, 15) is 14.4 Å². The van der Waals surface area contributed by atoms with Gasteiger partial charge in [-0.15, -0.1) is 0 Å². The summed E-state index contributed by atoms with van der Waals surface area (Å²) >= 11 is 0. The van der Waals surface area contributed by atoms with E-state index in [1.54, 1.807) is 29.2 Å². The van der Waals surface area contributed by atoms with E-state index in [2.05, 4.69) is 5.32 Å². The molecule has 2 aliphatic heterocycles. The van der Waals surface area contributed by atoms with Gasteiger partial charge in [-0.25, -0.2) is 4.79 Å². The van der Waals surface area contributed by atoms with E-state index in [-0.39, 0.29) is 18.2 Å². The van der Waals surface area contributed by atoms with Gasteiger partial charge in [-0.05, 0) is 30.0 Å². The van der Waals surface area contributed by atoms with Crippen molar-refractivity contribution in [2.45, 2.75) is 50.0 Å². The Labute approximate surface area is 222 Å². The lowest BCUT2D eigenvalue weighted by atomic mass is 9.78. The first-order chi connectivity index (χ1) is 18.3. The van der Waals surface area contributed by atoms with Gasteiger partial charge in [0.1, 0.15) is 5.54 Å². The van der Waals surface area contributed by atoms with Gasteiger partial charge >= 0.3 is 11.9 Å². The summed E-state index contributed by atoms with van der Waals surface area (Å²) in [5.74, 6) is -1.26. The zero-order valence-electron chi connectivity index (χ0n) is 21.8. The van der Waals surface area contributed by atoms with Crippen molar-refractivity contribution in [2.75, 3.05) is 7.11 Å². The lowest BCUT2D eigenvalue weighted by Crippen LogP contribution is -2.55. The van der Waals surface area contributed by atoms with Crippen LogP contribution >= 0.6 is 0 Å². The normalized spacial score (nSPS) is 26.5. The van der Waals surface area contributed by atoms with Crippen LogP contribution in [0.3, 0.4) is 0 Å². The molecule has 0 aliphatic carbocycles. The van der Waals surface area contributed by atoms with Crippen molar-refractivity contribution in [3.8, 4) is 0 Å². The largest absolute Gasteiger partial charge is 0.468 e. The maximum atomic E-state index is 14.3. The van der Waals surface area contributed by atoms with E-state index in [1.807, 2.05) is 80.6 Å². The minimum atomic E-state index is -1.50. The van der Waals surface area contributed by atoms with Crippen LogP contribution in [0.2, 0.25) is 0 Å². The van der Waals surface area contributed by atoms with Gasteiger partial charge in [0.05, 0.1) is 13.2 Å². The second kappa shape index (κ2) is 10.1. The van der Waals surface area contributed by atoms with Gasteiger partial charge < -0.3 is 9.47 Å². The quantitative estimate of drug-likeness (QED) is 0.477. The van der Waals surface area contributed by atoms with Crippen LogP contribution in [-0.4, -0.2) is 40.9 Å². The number of esters is 2. The van der Waals surface area contributed by atoms with Crippen molar-refractivity contribution in [1.82, 2.24) is 10.2 Å². The van der Waals surface area contributed by atoms with Gasteiger partial charge in [-0.1, -0.05) is 92.7 Å². The van der Waals surface area contributed by atoms with E-state index in [0.717, 1.165) is 5.56 Å². The number of nitrogens with zero attached hydrogens (tertiary/aromatic N) is 1. The summed E-state index contributed by atoms with van der Waals surface area (Å²) in [5, 5.41) is 3.51. The Morgan fingerprint density at radius 2 is 1.50 bits per heavy atom. The molecule has 1 spiro atoms. The van der Waals surface area contributed by atoms with Crippen molar-refractivity contribution in [3.63, 3.8) is 0 Å². The fourth-order valence-corrected chi connectivity index (χ4v) is 6.07. The molecular formula is C31H32N2O5. The highest BCUT2D eigenvalue weighted by Gasteiger charge is 2.71. The van der Waals surface area contributed by atoms with Gasteiger partial charge in [0.15, 0.2) is 5.54 Å². The number of nitrogens with one attached hydrogen (secondary N) is 1. The molecule has 3 aromatic carbocycles. The Kier molecular flexibility index (Phi) is 6.80. The van der Waals surface area contributed by atoms with Gasteiger partial charge in [-0.2, -0.15) is 0 Å². The summed E-state index contributed by atoms with van der Waals surface area (Å²) in [5.41, 5.74) is -0.828. The summed E-state index contributed by atoms with van der Waals surface area (Å²) in [6.45, 7) is 4.03. The van der Waals surface area contributed by atoms with Crippen LogP contribution in [-0.2, 0) is 19.1 Å². The van der Waals surface area contributed by atoms with Crippen molar-refractivity contribution in [2.24, 2.45) is 5.92 Å². The lowest BCUT2D eigenvalue weighted by molar-refractivity contribution is -0.149. The molecule has 5 rings (SSSR count). The molecule has 2 fully saturated rings. The molecule has 7 heteroatoms. The summed E-state index contributed by atoms with van der Waals surface area (Å²) in [6.07, 6.45) is -0.524. The molecule has 0 bridgehead atoms. The molecule has 2 heterocycles. The highest BCUT2D eigenvalue weighted by atomic mass is 16.6. The predicted octanol–water partition coefficient (Wildman–Crippen LogP) is 4.82. The summed E-state index contributed by atoms with van der Waals surface area (Å²) in [7, 11) is 1.35. The van der Waals surface area contributed by atoms with Crippen molar-refractivity contribution in [1.29, 1.82) is 0 Å². The molecule has 38 heavy (non-hydrogen) atoms. The van der Waals surface area contributed by atoms with E-state index in [4.69, 9.17) is 9.47 Å². The maximum absolute atomic E-state index is 14.3. The van der Waals surface area contributed by atoms with Gasteiger partial charge in [-0.3, -0.25) is 19.8 Å². The Morgan fingerprint density at radius 3 is 2.05 bits per heavy atom. The number of amides is 1. The number of benzene rings is 3. The van der Waals surface area contributed by atoms with Gasteiger partial charge in [0, 0.05) is 17.5 Å². The second-order valence-electron chi connectivity index (χ2n) is 10.5. The topological polar surface area (TPSA) is 84.9 Å². The molecular weight excluding hydrogens is 480 g/mol. The number of cyclic esters (lactones) is 1. The summed E-state index contributed by atoms with van der Waals surface area (Å²) in [4.78, 5) is 43.5. The van der Waals surface area contributed by atoms with Crippen LogP contribution in [0, 0.1) is 5.92 Å². The smallest absolute Gasteiger partial charge is 0.336 e. The third-order valence-corrected chi connectivity index (χ3v) is 7.50. The SMILES string of the molecule is COC(=O)[C@]1(CC(C)C)C[C@@]2(C(=O)O[C@H](c3ccccc3)N2C(=O)c2ccccc2)[C@H](c2ccccc2)N1. The second-order valence-corrected chi connectivity index (χ2v) is 10.5. The van der Waals surface area contributed by atoms with Crippen LogP contribution in [0.4, 0.5) is 0 Å². The Bertz CT molecular complexity index is 1310. The first-order valence-electron chi connectivity index (χ1n) is 12.9. The molecule has 2 saturated heterocycles. The van der Waals surface area contributed by atoms with Crippen LogP contribution in [0.15, 0.2) is 91.0 Å². The number of rotatable bonds is 6. The fraction of sp³-hybridized carbons (Fsp3) is 0.323. The van der Waals surface area contributed by atoms with Gasteiger partial charge in [0.25, 0.3) is 5.91 Å². The number of hydrogen-bond acceptors (Lipinski definition) is 6. The minimum Gasteiger partial charge on any atom is -0.468 e. The molecule has 7 nitrogen and oxygen atoms in total. The Hall–Kier alpha value is -3.97. The standard InChI is InChI=1S/C31H32N2O5/c1-21(2)19-30(28(35)37-3)20-31(25(32-30)22-13-7-4-8-14-22)29(36)38-27(24-17-11-6-12-18-24)33(31)26(34)23-15-9-5-10-16-23/h4-18,21,25,27,32H,19-20H2,1-3H3/t25-,27+,30-,31-/m0/s1. The lowest BCUT2D eigenvalue weighted by Gasteiger charge is -2.37. The van der Waals surface area contributed by atoms with Crippen molar-refractivity contribution in [3.05, 3.63) is 108 Å². The molecule has 1 N–H and O–H groups in total. The minimum absolute atomic E-state index is 0.0190. The average molecular weight is 513 g/mol. The van der Waals surface area contributed by atoms with Gasteiger partial charge in [0.2, 0.25) is 6.23 Å². The average Bonchev–Trinajstić information content (AvgIpc) is 3.44. The number of hydrogen-bond donors (Lipinski definition) is 1. The summed E-state index contributed by atoms with van der Waals surface area (Å²) in [6, 6.07) is 26.8. The maximum Gasteiger partial charge on any atom is 0.336 e.